The molecular formula is C35H34N4O5S. The Morgan fingerprint density at radius 1 is 0.800 bits per heavy atom. The third-order valence-electron chi connectivity index (χ3n) is 6.66. The lowest BCUT2D eigenvalue weighted by atomic mass is 10.1. The van der Waals surface area contributed by atoms with Crippen LogP contribution in [0.4, 0.5) is 17.1 Å². The maximum atomic E-state index is 13.5. The van der Waals surface area contributed by atoms with Crippen molar-refractivity contribution in [3.05, 3.63) is 126 Å². The van der Waals surface area contributed by atoms with Crippen LogP contribution in [-0.4, -0.2) is 48.1 Å². The van der Waals surface area contributed by atoms with E-state index in [1.807, 2.05) is 56.3 Å². The summed E-state index contributed by atoms with van der Waals surface area (Å²) in [5.74, 6) is -2.28. The zero-order chi connectivity index (χ0) is 32.3. The van der Waals surface area contributed by atoms with Crippen molar-refractivity contribution in [3.63, 3.8) is 0 Å². The Morgan fingerprint density at radius 3 is 2.09 bits per heavy atom. The smallest absolute Gasteiger partial charge is 0.335 e. The van der Waals surface area contributed by atoms with Crippen LogP contribution in [0.15, 0.2) is 114 Å². The predicted octanol–water partition coefficient (Wildman–Crippen LogP) is 6.37. The first-order valence-corrected chi connectivity index (χ1v) is 15.1. The van der Waals surface area contributed by atoms with Gasteiger partial charge in [-0.15, -0.1) is 11.8 Å². The number of amides is 3. The second kappa shape index (κ2) is 15.4. The summed E-state index contributed by atoms with van der Waals surface area (Å²) in [6.45, 7) is 1.88. The summed E-state index contributed by atoms with van der Waals surface area (Å²) in [7, 11) is 3.87. The first-order valence-electron chi connectivity index (χ1n) is 14.2. The Morgan fingerprint density at radius 2 is 1.44 bits per heavy atom. The minimum Gasteiger partial charge on any atom is -0.478 e. The largest absolute Gasteiger partial charge is 0.478 e. The number of carboxylic acid groups (broad SMARTS) is 1. The predicted molar refractivity (Wildman–Crippen MR) is 180 cm³/mol. The van der Waals surface area contributed by atoms with Crippen LogP contribution in [0.3, 0.4) is 0 Å². The summed E-state index contributed by atoms with van der Waals surface area (Å²) in [4.78, 5) is 53.5. The van der Waals surface area contributed by atoms with Gasteiger partial charge in [-0.05, 0) is 78.7 Å². The molecule has 0 fully saturated rings. The number of benzene rings is 4. The Balaban J connectivity index is 1.50. The van der Waals surface area contributed by atoms with Crippen LogP contribution in [0.5, 0.6) is 0 Å². The molecule has 0 radical (unpaired) electrons. The van der Waals surface area contributed by atoms with Crippen molar-refractivity contribution in [2.45, 2.75) is 23.5 Å². The van der Waals surface area contributed by atoms with E-state index in [4.69, 9.17) is 0 Å². The fraction of sp³-hybridized carbons (Fsp3) is 0.143. The molecule has 10 heteroatoms. The lowest BCUT2D eigenvalue weighted by Crippen LogP contribution is -2.30. The van der Waals surface area contributed by atoms with Crippen molar-refractivity contribution in [1.29, 1.82) is 0 Å². The van der Waals surface area contributed by atoms with E-state index >= 15 is 0 Å². The summed E-state index contributed by atoms with van der Waals surface area (Å²) in [6, 6.07) is 29.4. The Bertz CT molecular complexity index is 1700. The molecule has 0 aromatic heterocycles. The van der Waals surface area contributed by atoms with Crippen molar-refractivity contribution in [2.24, 2.45) is 0 Å². The van der Waals surface area contributed by atoms with E-state index in [-0.39, 0.29) is 17.2 Å². The van der Waals surface area contributed by atoms with Crippen molar-refractivity contribution in [2.75, 3.05) is 29.6 Å². The number of hydrogen-bond acceptors (Lipinski definition) is 6. The summed E-state index contributed by atoms with van der Waals surface area (Å²) in [6.07, 6.45) is 2.13. The van der Waals surface area contributed by atoms with Gasteiger partial charge in [0.15, 0.2) is 0 Å². The minimum absolute atomic E-state index is 0.0638. The molecule has 230 valence electrons. The van der Waals surface area contributed by atoms with Crippen LogP contribution in [-0.2, 0) is 9.59 Å². The van der Waals surface area contributed by atoms with Gasteiger partial charge >= 0.3 is 5.97 Å². The maximum absolute atomic E-state index is 13.5. The molecule has 0 heterocycles. The highest BCUT2D eigenvalue weighted by Crippen LogP contribution is 2.29. The number of rotatable bonds is 12. The van der Waals surface area contributed by atoms with Gasteiger partial charge in [-0.2, -0.15) is 0 Å². The molecule has 45 heavy (non-hydrogen) atoms. The number of hydrogen-bond donors (Lipinski definition) is 4. The molecule has 0 saturated carbocycles. The molecule has 4 aromatic carbocycles. The van der Waals surface area contributed by atoms with Crippen molar-refractivity contribution in [3.8, 4) is 0 Å². The van der Waals surface area contributed by atoms with Gasteiger partial charge in [0.1, 0.15) is 5.70 Å². The van der Waals surface area contributed by atoms with Crippen LogP contribution >= 0.6 is 11.8 Å². The third-order valence-corrected chi connectivity index (χ3v) is 8.02. The standard InChI is InChI=1S/C35H34N4O5S/c1-4-31(34(42)37-26-13-8-12-25(21-26)35(43)44)45-29-15-9-14-27(22-29)36-33(41)30(38-32(40)24-10-6-5-7-11-24)20-23-16-18-28(19-17-23)39(2)3/h5-22,31H,4H2,1-3H3,(H,36,41)(H,37,42)(H,38,40)(H,43,44)/b30-20+. The quantitative estimate of drug-likeness (QED) is 0.107. The summed E-state index contributed by atoms with van der Waals surface area (Å²) >= 11 is 1.32. The van der Waals surface area contributed by atoms with Gasteiger partial charge in [0.2, 0.25) is 5.91 Å². The molecule has 1 unspecified atom stereocenters. The molecule has 9 nitrogen and oxygen atoms in total. The maximum Gasteiger partial charge on any atom is 0.335 e. The van der Waals surface area contributed by atoms with E-state index in [9.17, 15) is 24.3 Å². The normalized spacial score (nSPS) is 11.7. The van der Waals surface area contributed by atoms with Gasteiger partial charge in [0.05, 0.1) is 10.8 Å². The molecule has 0 aliphatic carbocycles. The van der Waals surface area contributed by atoms with E-state index in [2.05, 4.69) is 16.0 Å². The van der Waals surface area contributed by atoms with Crippen LogP contribution < -0.4 is 20.9 Å². The second-order valence-corrected chi connectivity index (χ2v) is 11.5. The molecule has 0 aliphatic rings. The van der Waals surface area contributed by atoms with Crippen LogP contribution in [0.1, 0.15) is 39.6 Å². The van der Waals surface area contributed by atoms with Crippen molar-refractivity contribution in [1.82, 2.24) is 5.32 Å². The molecule has 0 aliphatic heterocycles. The summed E-state index contributed by atoms with van der Waals surface area (Å²) < 4.78 is 0. The molecule has 4 N–H and O–H groups in total. The monoisotopic (exact) mass is 622 g/mol. The van der Waals surface area contributed by atoms with Gasteiger partial charge in [-0.25, -0.2) is 4.79 Å². The van der Waals surface area contributed by atoms with Crippen LogP contribution in [0.25, 0.3) is 6.08 Å². The number of nitrogens with one attached hydrogen (secondary N) is 3. The molecule has 0 bridgehead atoms. The molecule has 4 aromatic rings. The molecule has 0 spiro atoms. The SMILES string of the molecule is CCC(Sc1cccc(NC(=O)/C(=C\c2ccc(N(C)C)cc2)NC(=O)c2ccccc2)c1)C(=O)Nc1cccc(C(=O)O)c1. The van der Waals surface area contributed by atoms with Gasteiger partial charge in [0, 0.05) is 41.6 Å². The average Bonchev–Trinajstić information content (AvgIpc) is 3.04. The minimum atomic E-state index is -1.08. The fourth-order valence-electron chi connectivity index (χ4n) is 4.26. The van der Waals surface area contributed by atoms with Gasteiger partial charge in [-0.1, -0.05) is 49.4 Å². The highest BCUT2D eigenvalue weighted by atomic mass is 32.2. The zero-order valence-electron chi connectivity index (χ0n) is 25.1. The van der Waals surface area contributed by atoms with Crippen LogP contribution in [0, 0.1) is 0 Å². The van der Waals surface area contributed by atoms with Gasteiger partial charge in [-0.3, -0.25) is 14.4 Å². The number of nitrogens with zero attached hydrogens (tertiary/aromatic N) is 1. The molecular weight excluding hydrogens is 588 g/mol. The number of carboxylic acids is 1. The van der Waals surface area contributed by atoms with Gasteiger partial charge < -0.3 is 26.0 Å². The molecule has 0 saturated heterocycles. The van der Waals surface area contributed by atoms with Crippen molar-refractivity contribution >= 4 is 58.6 Å². The highest BCUT2D eigenvalue weighted by Gasteiger charge is 2.20. The second-order valence-electron chi connectivity index (χ2n) is 10.2. The Hall–Kier alpha value is -5.35. The number of thioether (sulfide) groups is 1. The molecule has 4 rings (SSSR count). The van der Waals surface area contributed by atoms with E-state index < -0.39 is 23.0 Å². The summed E-state index contributed by atoms with van der Waals surface area (Å²) in [5.41, 5.74) is 3.16. The number of aromatic carboxylic acids is 1. The molecule has 1 atom stereocenters. The van der Waals surface area contributed by atoms with Crippen molar-refractivity contribution < 1.29 is 24.3 Å². The number of anilines is 3. The Kier molecular flexibility index (Phi) is 11.1. The third kappa shape index (κ3) is 9.32. The molecule has 3 amide bonds. The lowest BCUT2D eigenvalue weighted by molar-refractivity contribution is -0.116. The van der Waals surface area contributed by atoms with Crippen LogP contribution in [0.2, 0.25) is 0 Å². The fourth-order valence-corrected chi connectivity index (χ4v) is 5.28. The van der Waals surface area contributed by atoms with E-state index in [0.29, 0.717) is 23.4 Å². The van der Waals surface area contributed by atoms with E-state index in [1.165, 1.54) is 23.9 Å². The van der Waals surface area contributed by atoms with E-state index in [1.54, 1.807) is 66.7 Å². The summed E-state index contributed by atoms with van der Waals surface area (Å²) in [5, 5.41) is 17.2. The van der Waals surface area contributed by atoms with Gasteiger partial charge in [0.25, 0.3) is 11.8 Å². The topological polar surface area (TPSA) is 128 Å². The lowest BCUT2D eigenvalue weighted by Gasteiger charge is -2.16. The first kappa shape index (κ1) is 32.6. The number of carbonyl (C=O) groups is 4. The zero-order valence-corrected chi connectivity index (χ0v) is 25.9. The first-order chi connectivity index (χ1) is 21.6. The van der Waals surface area contributed by atoms with E-state index in [0.717, 1.165) is 16.1 Å². The number of carbonyl (C=O) groups excluding carboxylic acids is 3. The highest BCUT2D eigenvalue weighted by molar-refractivity contribution is 8.00. The Labute approximate surface area is 266 Å². The average molecular weight is 623 g/mol.